The minimum Gasteiger partial charge on any atom is -0.424 e. The van der Waals surface area contributed by atoms with Crippen LogP contribution in [-0.4, -0.2) is 36.4 Å². The molecule has 1 saturated carbocycles. The summed E-state index contributed by atoms with van der Waals surface area (Å²) >= 11 is 1.57. The molecule has 10 heteroatoms. The number of hydrogen-bond acceptors (Lipinski definition) is 8. The van der Waals surface area contributed by atoms with E-state index in [0.717, 1.165) is 26.4 Å². The van der Waals surface area contributed by atoms with Gasteiger partial charge in [-0.3, -0.25) is 9.48 Å². The molecule has 0 saturated heterocycles. The molecule has 0 unspecified atom stereocenters. The van der Waals surface area contributed by atoms with Crippen molar-refractivity contribution in [2.75, 3.05) is 0 Å². The predicted molar refractivity (Wildman–Crippen MR) is 108 cm³/mol. The zero-order valence-electron chi connectivity index (χ0n) is 16.1. The first-order valence-electron chi connectivity index (χ1n) is 9.44. The SMILES string of the molecule is Cn1cc(-c2ccc3nc(Cc4nnc(CC(=O)NC5(C#N)CC5)o4)sc3c2)cn1. The number of nitrogens with one attached hydrogen (secondary N) is 1. The van der Waals surface area contributed by atoms with E-state index in [-0.39, 0.29) is 18.2 Å². The second-order valence-electron chi connectivity index (χ2n) is 7.38. The molecule has 0 bridgehead atoms. The maximum absolute atomic E-state index is 12.1. The van der Waals surface area contributed by atoms with Gasteiger partial charge in [0.05, 0.1) is 28.9 Å². The Kier molecular flexibility index (Phi) is 4.33. The first-order valence-corrected chi connectivity index (χ1v) is 10.3. The molecule has 0 atom stereocenters. The average Bonchev–Trinajstić information content (AvgIpc) is 3.05. The van der Waals surface area contributed by atoms with Crippen LogP contribution in [0.15, 0.2) is 35.0 Å². The van der Waals surface area contributed by atoms with E-state index in [1.165, 1.54) is 0 Å². The Hall–Kier alpha value is -3.58. The quantitative estimate of drug-likeness (QED) is 0.509. The molecule has 5 rings (SSSR count). The van der Waals surface area contributed by atoms with Crippen LogP contribution in [0.25, 0.3) is 21.3 Å². The Balaban J connectivity index is 1.28. The maximum atomic E-state index is 12.1. The van der Waals surface area contributed by atoms with Crippen LogP contribution in [0.1, 0.15) is 29.6 Å². The van der Waals surface area contributed by atoms with Crippen LogP contribution in [0.5, 0.6) is 0 Å². The normalized spacial score (nSPS) is 14.5. The molecule has 1 amide bonds. The largest absolute Gasteiger partial charge is 0.424 e. The number of hydrogen-bond donors (Lipinski definition) is 1. The third-order valence-electron chi connectivity index (χ3n) is 4.94. The molecule has 9 nitrogen and oxygen atoms in total. The zero-order valence-corrected chi connectivity index (χ0v) is 16.9. The van der Waals surface area contributed by atoms with Gasteiger partial charge in [-0.2, -0.15) is 10.4 Å². The van der Waals surface area contributed by atoms with Gasteiger partial charge in [-0.05, 0) is 30.5 Å². The van der Waals surface area contributed by atoms with Crippen molar-refractivity contribution in [3.05, 3.63) is 47.4 Å². The number of thiazole rings is 1. The number of rotatable bonds is 6. The summed E-state index contributed by atoms with van der Waals surface area (Å²) < 4.78 is 8.45. The summed E-state index contributed by atoms with van der Waals surface area (Å²) in [5.74, 6) is 0.356. The predicted octanol–water partition coefficient (Wildman–Crippen LogP) is 2.39. The highest BCUT2D eigenvalue weighted by Crippen LogP contribution is 2.34. The Labute approximate surface area is 175 Å². The highest BCUT2D eigenvalue weighted by molar-refractivity contribution is 7.18. The second kappa shape index (κ2) is 7.03. The Morgan fingerprint density at radius 3 is 2.90 bits per heavy atom. The van der Waals surface area contributed by atoms with Gasteiger partial charge in [0.25, 0.3) is 0 Å². The minimum absolute atomic E-state index is 0.0370. The van der Waals surface area contributed by atoms with Crippen LogP contribution in [0.3, 0.4) is 0 Å². The number of nitriles is 1. The van der Waals surface area contributed by atoms with Crippen molar-refractivity contribution in [3.8, 4) is 17.2 Å². The number of amides is 1. The monoisotopic (exact) mass is 419 g/mol. The molecule has 3 aromatic heterocycles. The van der Waals surface area contributed by atoms with Gasteiger partial charge in [-0.15, -0.1) is 21.5 Å². The van der Waals surface area contributed by atoms with E-state index in [0.29, 0.717) is 25.2 Å². The molecule has 150 valence electrons. The molecule has 0 radical (unpaired) electrons. The van der Waals surface area contributed by atoms with Crippen molar-refractivity contribution in [3.63, 3.8) is 0 Å². The van der Waals surface area contributed by atoms with Crippen molar-refractivity contribution >= 4 is 27.5 Å². The first kappa shape index (κ1) is 18.4. The van der Waals surface area contributed by atoms with Crippen molar-refractivity contribution in [1.82, 2.24) is 30.3 Å². The van der Waals surface area contributed by atoms with Crippen LogP contribution < -0.4 is 5.32 Å². The molecule has 1 aliphatic rings. The van der Waals surface area contributed by atoms with Crippen molar-refractivity contribution in [2.24, 2.45) is 7.05 Å². The first-order chi connectivity index (χ1) is 14.5. The van der Waals surface area contributed by atoms with Gasteiger partial charge in [-0.1, -0.05) is 6.07 Å². The molecule has 4 aromatic rings. The lowest BCUT2D eigenvalue weighted by atomic mass is 10.1. The summed E-state index contributed by atoms with van der Waals surface area (Å²) in [6.45, 7) is 0. The molecule has 1 aliphatic carbocycles. The minimum atomic E-state index is -0.699. The van der Waals surface area contributed by atoms with Crippen LogP contribution in [0.2, 0.25) is 0 Å². The van der Waals surface area contributed by atoms with E-state index >= 15 is 0 Å². The number of carbonyl (C=O) groups excluding carboxylic acids is 1. The number of carbonyl (C=O) groups is 1. The maximum Gasteiger partial charge on any atom is 0.230 e. The van der Waals surface area contributed by atoms with Gasteiger partial charge >= 0.3 is 0 Å². The molecule has 30 heavy (non-hydrogen) atoms. The van der Waals surface area contributed by atoms with E-state index in [9.17, 15) is 4.79 Å². The average molecular weight is 419 g/mol. The van der Waals surface area contributed by atoms with Gasteiger partial charge in [0.2, 0.25) is 17.7 Å². The molecule has 0 spiro atoms. The van der Waals surface area contributed by atoms with Crippen LogP contribution in [-0.2, 0) is 24.7 Å². The van der Waals surface area contributed by atoms with Crippen LogP contribution in [0, 0.1) is 11.3 Å². The van der Waals surface area contributed by atoms with E-state index in [1.54, 1.807) is 16.0 Å². The summed E-state index contributed by atoms with van der Waals surface area (Å²) in [4.78, 5) is 16.7. The third-order valence-corrected chi connectivity index (χ3v) is 5.95. The molecule has 0 aliphatic heterocycles. The molecule has 1 aromatic carbocycles. The topological polar surface area (TPSA) is 123 Å². The van der Waals surface area contributed by atoms with Gasteiger partial charge in [0.1, 0.15) is 17.0 Å². The third kappa shape index (κ3) is 3.67. The number of aryl methyl sites for hydroxylation is 1. The number of benzene rings is 1. The number of aromatic nitrogens is 5. The molecular formula is C20H17N7O2S. The van der Waals surface area contributed by atoms with Crippen LogP contribution >= 0.6 is 11.3 Å². The van der Waals surface area contributed by atoms with Gasteiger partial charge in [-0.25, -0.2) is 4.98 Å². The molecule has 1 fully saturated rings. The molecular weight excluding hydrogens is 402 g/mol. The standard InChI is InChI=1S/C20H17N7O2S/c1-27-10-13(9-22-27)12-2-3-14-15(6-12)30-19(23-14)8-18-26-25-17(29-18)7-16(28)24-20(11-21)4-5-20/h2-3,6,9-10H,4-5,7-8H2,1H3,(H,24,28). The van der Waals surface area contributed by atoms with Crippen LogP contribution in [0.4, 0.5) is 0 Å². The Morgan fingerprint density at radius 2 is 2.17 bits per heavy atom. The summed E-state index contributed by atoms with van der Waals surface area (Å²) in [5, 5.41) is 24.8. The second-order valence-corrected chi connectivity index (χ2v) is 8.49. The fraction of sp³-hybridized carbons (Fsp3) is 0.300. The summed E-state index contributed by atoms with van der Waals surface area (Å²) in [7, 11) is 1.89. The lowest BCUT2D eigenvalue weighted by Crippen LogP contribution is -2.36. The number of nitrogens with zero attached hydrogens (tertiary/aromatic N) is 6. The highest BCUT2D eigenvalue weighted by Gasteiger charge is 2.44. The van der Waals surface area contributed by atoms with Crippen molar-refractivity contribution < 1.29 is 9.21 Å². The van der Waals surface area contributed by atoms with E-state index in [4.69, 9.17) is 9.68 Å². The highest BCUT2D eigenvalue weighted by atomic mass is 32.1. The zero-order chi connectivity index (χ0) is 20.7. The smallest absolute Gasteiger partial charge is 0.230 e. The number of fused-ring (bicyclic) bond motifs is 1. The lowest BCUT2D eigenvalue weighted by Gasteiger charge is -2.06. The van der Waals surface area contributed by atoms with E-state index in [1.807, 2.05) is 31.6 Å². The fourth-order valence-electron chi connectivity index (χ4n) is 3.20. The van der Waals surface area contributed by atoms with Gasteiger partial charge < -0.3 is 9.73 Å². The summed E-state index contributed by atoms with van der Waals surface area (Å²) in [6.07, 6.45) is 5.54. The molecule has 1 N–H and O–H groups in total. The fourth-order valence-corrected chi connectivity index (χ4v) is 4.19. The van der Waals surface area contributed by atoms with Gasteiger partial charge in [0, 0.05) is 18.8 Å². The summed E-state index contributed by atoms with van der Waals surface area (Å²) in [6, 6.07) is 8.24. The Bertz CT molecular complexity index is 1290. The lowest BCUT2D eigenvalue weighted by molar-refractivity contribution is -0.121. The van der Waals surface area contributed by atoms with Crippen molar-refractivity contribution in [2.45, 2.75) is 31.2 Å². The van der Waals surface area contributed by atoms with E-state index < -0.39 is 5.54 Å². The van der Waals surface area contributed by atoms with Crippen molar-refractivity contribution in [1.29, 1.82) is 5.26 Å². The molecule has 3 heterocycles. The summed E-state index contributed by atoms with van der Waals surface area (Å²) in [5.41, 5.74) is 2.35. The van der Waals surface area contributed by atoms with E-state index in [2.05, 4.69) is 37.7 Å². The van der Waals surface area contributed by atoms with Gasteiger partial charge in [0.15, 0.2) is 0 Å². The Morgan fingerprint density at radius 1 is 1.33 bits per heavy atom.